The maximum Gasteiger partial charge on any atom is 0.259 e. The molecule has 3 aliphatic rings. The molecule has 37 heavy (non-hydrogen) atoms. The van der Waals surface area contributed by atoms with E-state index >= 15 is 0 Å². The number of hydrogen-bond acceptors (Lipinski definition) is 5. The minimum Gasteiger partial charge on any atom is -0.508 e. The standard InChI is InChI=1S/C31H34N2O4/c1-19-8-11-24(34)15-26(19)30-12-13-33(18-21-9-10-21)20(2)31(30,37)16-23-14-25(29(36)32-27(23)17-30)28(35)22-6-4-3-5-7-22/h3-8,11,14-15,20-21,34,37H,9-10,12-13,16-18H2,1-2H3,(H,32,36)/t20-,30-,31-/m1/s1. The van der Waals surface area contributed by atoms with Gasteiger partial charge in [0, 0.05) is 42.1 Å². The fourth-order valence-electron chi connectivity index (χ4n) is 6.91. The van der Waals surface area contributed by atoms with Crippen LogP contribution < -0.4 is 5.56 Å². The summed E-state index contributed by atoms with van der Waals surface area (Å²) in [6.07, 6.45) is 3.98. The van der Waals surface area contributed by atoms with Gasteiger partial charge in [-0.15, -0.1) is 0 Å². The average molecular weight is 499 g/mol. The van der Waals surface area contributed by atoms with Crippen LogP contribution in [0.15, 0.2) is 59.4 Å². The molecule has 0 radical (unpaired) electrons. The number of pyridine rings is 1. The van der Waals surface area contributed by atoms with Crippen LogP contribution in [0.3, 0.4) is 0 Å². The first-order valence-corrected chi connectivity index (χ1v) is 13.3. The number of aromatic nitrogens is 1. The highest BCUT2D eigenvalue weighted by Gasteiger charge is 2.61. The molecule has 2 aromatic carbocycles. The van der Waals surface area contributed by atoms with E-state index in [4.69, 9.17) is 0 Å². The normalized spacial score (nSPS) is 27.4. The van der Waals surface area contributed by atoms with Crippen LogP contribution in [-0.2, 0) is 18.3 Å². The number of carbonyl (C=O) groups is 1. The molecule has 1 aliphatic heterocycles. The Morgan fingerprint density at radius 2 is 1.86 bits per heavy atom. The molecule has 0 unspecified atom stereocenters. The van der Waals surface area contributed by atoms with E-state index in [-0.39, 0.29) is 23.1 Å². The summed E-state index contributed by atoms with van der Waals surface area (Å²) in [5.41, 5.74) is 1.89. The molecule has 3 N–H and O–H groups in total. The Morgan fingerprint density at radius 1 is 1.11 bits per heavy atom. The summed E-state index contributed by atoms with van der Waals surface area (Å²) in [4.78, 5) is 31.8. The second-order valence-electron chi connectivity index (χ2n) is 11.4. The van der Waals surface area contributed by atoms with Crippen LogP contribution in [0.25, 0.3) is 0 Å². The number of rotatable bonds is 5. The molecule has 0 amide bonds. The maximum atomic E-state index is 13.2. The summed E-state index contributed by atoms with van der Waals surface area (Å²) in [6.45, 7) is 5.96. The number of benzene rings is 2. The Kier molecular flexibility index (Phi) is 5.66. The third-order valence-electron chi connectivity index (χ3n) is 9.25. The lowest BCUT2D eigenvalue weighted by molar-refractivity contribution is -0.139. The molecule has 2 heterocycles. The van der Waals surface area contributed by atoms with Crippen molar-refractivity contribution in [1.29, 1.82) is 0 Å². The number of hydrogen-bond donors (Lipinski definition) is 3. The number of aromatic hydroxyl groups is 1. The van der Waals surface area contributed by atoms with Gasteiger partial charge in [-0.25, -0.2) is 0 Å². The first-order chi connectivity index (χ1) is 17.7. The molecule has 0 bridgehead atoms. The van der Waals surface area contributed by atoms with Crippen molar-refractivity contribution in [3.05, 3.63) is 98.5 Å². The van der Waals surface area contributed by atoms with E-state index in [1.165, 1.54) is 12.8 Å². The summed E-state index contributed by atoms with van der Waals surface area (Å²) in [6, 6.07) is 15.8. The van der Waals surface area contributed by atoms with Crippen LogP contribution in [0, 0.1) is 12.8 Å². The fourth-order valence-corrected chi connectivity index (χ4v) is 6.91. The number of carbonyl (C=O) groups excluding carboxylic acids is 1. The second-order valence-corrected chi connectivity index (χ2v) is 11.4. The summed E-state index contributed by atoms with van der Waals surface area (Å²) in [5.74, 6) is 0.557. The van der Waals surface area contributed by atoms with Gasteiger partial charge in [0.15, 0.2) is 5.78 Å². The highest BCUT2D eigenvalue weighted by molar-refractivity contribution is 6.08. The number of phenolic OH excluding ortho intramolecular Hbond substituents is 1. The van der Waals surface area contributed by atoms with E-state index in [2.05, 4.69) is 16.8 Å². The number of piperidine rings is 1. The molecule has 6 heteroatoms. The lowest BCUT2D eigenvalue weighted by Gasteiger charge is -2.60. The van der Waals surface area contributed by atoms with Gasteiger partial charge in [-0.1, -0.05) is 36.4 Å². The number of aryl methyl sites for hydroxylation is 1. The Balaban J connectivity index is 1.49. The van der Waals surface area contributed by atoms with Crippen LogP contribution in [-0.4, -0.2) is 50.6 Å². The summed E-state index contributed by atoms with van der Waals surface area (Å²) in [5, 5.41) is 23.2. The highest BCUT2D eigenvalue weighted by Crippen LogP contribution is 2.54. The summed E-state index contributed by atoms with van der Waals surface area (Å²) >= 11 is 0. The molecule has 3 atom stereocenters. The third kappa shape index (κ3) is 3.85. The first-order valence-electron chi connectivity index (χ1n) is 13.3. The number of phenols is 1. The molecule has 1 aromatic heterocycles. The van der Waals surface area contributed by atoms with Gasteiger partial charge in [0.05, 0.1) is 11.2 Å². The van der Waals surface area contributed by atoms with Crippen molar-refractivity contribution in [2.75, 3.05) is 13.1 Å². The SMILES string of the molecule is Cc1ccc(O)cc1[C@]12CCN(CC3CC3)[C@H](C)[C@]1(O)Cc1cc(C(=O)c3ccccc3)c(=O)[nH]c1C2. The molecule has 1 saturated carbocycles. The van der Waals surface area contributed by atoms with E-state index in [9.17, 15) is 19.8 Å². The average Bonchev–Trinajstić information content (AvgIpc) is 3.71. The van der Waals surface area contributed by atoms with Crippen molar-refractivity contribution in [1.82, 2.24) is 9.88 Å². The van der Waals surface area contributed by atoms with Gasteiger partial charge < -0.3 is 15.2 Å². The molecule has 2 aliphatic carbocycles. The van der Waals surface area contributed by atoms with Crippen molar-refractivity contribution in [3.8, 4) is 5.75 Å². The van der Waals surface area contributed by atoms with Crippen molar-refractivity contribution in [2.45, 2.75) is 63.0 Å². The zero-order valence-electron chi connectivity index (χ0n) is 21.5. The molecule has 192 valence electrons. The largest absolute Gasteiger partial charge is 0.508 e. The predicted octanol–water partition coefficient (Wildman–Crippen LogP) is 3.89. The lowest BCUT2D eigenvalue weighted by atomic mass is 9.53. The predicted molar refractivity (Wildman–Crippen MR) is 142 cm³/mol. The smallest absolute Gasteiger partial charge is 0.259 e. The molecule has 6 nitrogen and oxygen atoms in total. The minimum atomic E-state index is -1.14. The van der Waals surface area contributed by atoms with Crippen LogP contribution in [0.5, 0.6) is 5.75 Å². The number of nitrogens with one attached hydrogen (secondary N) is 1. The number of ketones is 1. The Morgan fingerprint density at radius 3 is 2.59 bits per heavy atom. The van der Waals surface area contributed by atoms with Crippen LogP contribution in [0.2, 0.25) is 0 Å². The van der Waals surface area contributed by atoms with Crippen LogP contribution in [0.4, 0.5) is 0 Å². The Bertz CT molecular complexity index is 1430. The van der Waals surface area contributed by atoms with E-state index in [1.807, 2.05) is 19.1 Å². The number of aliphatic hydroxyl groups is 1. The molecule has 6 rings (SSSR count). The third-order valence-corrected chi connectivity index (χ3v) is 9.25. The number of fused-ring (bicyclic) bond motifs is 2. The van der Waals surface area contributed by atoms with Gasteiger partial charge in [0.25, 0.3) is 5.56 Å². The van der Waals surface area contributed by atoms with E-state index in [1.54, 1.807) is 42.5 Å². The molecular formula is C31H34N2O4. The van der Waals surface area contributed by atoms with Gasteiger partial charge in [-0.2, -0.15) is 0 Å². The molecule has 2 fully saturated rings. The number of nitrogens with zero attached hydrogens (tertiary/aromatic N) is 1. The number of aromatic amines is 1. The maximum absolute atomic E-state index is 13.2. The number of likely N-dealkylation sites (tertiary alicyclic amines) is 1. The van der Waals surface area contributed by atoms with Crippen molar-refractivity contribution < 1.29 is 15.0 Å². The van der Waals surface area contributed by atoms with E-state index in [0.717, 1.165) is 41.9 Å². The van der Waals surface area contributed by atoms with Gasteiger partial charge in [-0.05, 0) is 80.5 Å². The molecule has 1 saturated heterocycles. The Hall–Kier alpha value is -3.22. The van der Waals surface area contributed by atoms with Gasteiger partial charge in [0.2, 0.25) is 0 Å². The fraction of sp³-hybridized carbons (Fsp3) is 0.419. The monoisotopic (exact) mass is 498 g/mol. The Labute approximate surface area is 217 Å². The van der Waals surface area contributed by atoms with Crippen molar-refractivity contribution in [3.63, 3.8) is 0 Å². The summed E-state index contributed by atoms with van der Waals surface area (Å²) in [7, 11) is 0. The van der Waals surface area contributed by atoms with Gasteiger partial charge in [0.1, 0.15) is 5.75 Å². The van der Waals surface area contributed by atoms with Crippen LogP contribution >= 0.6 is 0 Å². The zero-order chi connectivity index (χ0) is 25.9. The second kappa shape index (κ2) is 8.67. The zero-order valence-corrected chi connectivity index (χ0v) is 21.5. The number of H-pyrrole nitrogens is 1. The minimum absolute atomic E-state index is 0.105. The molecule has 0 spiro atoms. The van der Waals surface area contributed by atoms with Crippen molar-refractivity contribution >= 4 is 5.78 Å². The molecular weight excluding hydrogens is 464 g/mol. The topological polar surface area (TPSA) is 93.6 Å². The van der Waals surface area contributed by atoms with E-state index < -0.39 is 16.6 Å². The summed E-state index contributed by atoms with van der Waals surface area (Å²) < 4.78 is 0. The first kappa shape index (κ1) is 24.1. The van der Waals surface area contributed by atoms with Crippen molar-refractivity contribution in [2.24, 2.45) is 5.92 Å². The molecule has 3 aromatic rings. The van der Waals surface area contributed by atoms with Crippen LogP contribution in [0.1, 0.15) is 64.5 Å². The van der Waals surface area contributed by atoms with Gasteiger partial charge in [-0.3, -0.25) is 14.5 Å². The highest BCUT2D eigenvalue weighted by atomic mass is 16.3. The lowest BCUT2D eigenvalue weighted by Crippen LogP contribution is -2.71. The van der Waals surface area contributed by atoms with E-state index in [0.29, 0.717) is 24.3 Å². The quantitative estimate of drug-likeness (QED) is 0.464. The van der Waals surface area contributed by atoms with Gasteiger partial charge >= 0.3 is 0 Å².